The Morgan fingerprint density at radius 3 is 2.29 bits per heavy atom. The van der Waals surface area contributed by atoms with Crippen molar-refractivity contribution in [1.29, 1.82) is 0 Å². The molecular weight excluding hydrogens is 186 g/mol. The molecule has 1 aromatic carbocycles. The van der Waals surface area contributed by atoms with Crippen molar-refractivity contribution >= 4 is 5.69 Å². The molecule has 1 rings (SSSR count). The molecule has 1 N–H and O–H groups in total. The second-order valence-electron chi connectivity index (χ2n) is 3.33. The summed E-state index contributed by atoms with van der Waals surface area (Å²) in [5, 5.41) is 2.72. The van der Waals surface area contributed by atoms with Crippen LogP contribution in [-0.2, 0) is 0 Å². The molecule has 0 radical (unpaired) electrons. The van der Waals surface area contributed by atoms with Gasteiger partial charge in [-0.3, -0.25) is 0 Å². The predicted octanol–water partition coefficient (Wildman–Crippen LogP) is 1.94. The first-order valence-corrected chi connectivity index (χ1v) is 4.44. The van der Waals surface area contributed by atoms with Gasteiger partial charge < -0.3 is 10.2 Å². The van der Waals surface area contributed by atoms with E-state index in [0.29, 0.717) is 6.54 Å². The summed E-state index contributed by atoms with van der Waals surface area (Å²) in [6, 6.07) is 3.82. The van der Waals surface area contributed by atoms with Crippen LogP contribution in [0.2, 0.25) is 0 Å². The summed E-state index contributed by atoms with van der Waals surface area (Å²) in [4.78, 5) is 1.94. The summed E-state index contributed by atoms with van der Waals surface area (Å²) in [6.07, 6.45) is 0. The third-order valence-electron chi connectivity index (χ3n) is 1.82. The summed E-state index contributed by atoms with van der Waals surface area (Å²) in [5.41, 5.74) is -0.0469. The van der Waals surface area contributed by atoms with Crippen LogP contribution in [0.25, 0.3) is 0 Å². The Kier molecular flexibility index (Phi) is 3.83. The minimum atomic E-state index is -0.552. The second-order valence-corrected chi connectivity index (χ2v) is 3.33. The fourth-order valence-corrected chi connectivity index (χ4v) is 1.07. The number of likely N-dealkylation sites (N-methyl/N-ethyl adjacent to an activating group) is 1. The van der Waals surface area contributed by atoms with Gasteiger partial charge in [-0.1, -0.05) is 6.07 Å². The average Bonchev–Trinajstić information content (AvgIpc) is 2.09. The Bertz CT molecular complexity index is 280. The number of nitrogens with one attached hydrogen (secondary N) is 1. The SMILES string of the molecule is CN(C)CCNc1c(F)cccc1F. The maximum atomic E-state index is 13.1. The minimum absolute atomic E-state index is 0.0469. The van der Waals surface area contributed by atoms with Crippen molar-refractivity contribution in [2.45, 2.75) is 0 Å². The lowest BCUT2D eigenvalue weighted by Crippen LogP contribution is -2.21. The molecule has 0 aliphatic heterocycles. The molecule has 0 aromatic heterocycles. The van der Waals surface area contributed by atoms with E-state index in [9.17, 15) is 8.78 Å². The van der Waals surface area contributed by atoms with Crippen molar-refractivity contribution in [1.82, 2.24) is 4.90 Å². The number of hydrogen-bond acceptors (Lipinski definition) is 2. The van der Waals surface area contributed by atoms with E-state index in [-0.39, 0.29) is 5.69 Å². The van der Waals surface area contributed by atoms with Crippen LogP contribution in [0, 0.1) is 11.6 Å². The van der Waals surface area contributed by atoms with Gasteiger partial charge in [-0.05, 0) is 26.2 Å². The Balaban J connectivity index is 2.58. The molecule has 0 amide bonds. The molecule has 0 spiro atoms. The van der Waals surface area contributed by atoms with Crippen molar-refractivity contribution in [2.24, 2.45) is 0 Å². The fraction of sp³-hybridized carbons (Fsp3) is 0.400. The Hall–Kier alpha value is -1.16. The summed E-state index contributed by atoms with van der Waals surface area (Å²) >= 11 is 0. The van der Waals surface area contributed by atoms with Gasteiger partial charge in [0.2, 0.25) is 0 Å². The molecule has 14 heavy (non-hydrogen) atoms. The number of hydrogen-bond donors (Lipinski definition) is 1. The van der Waals surface area contributed by atoms with E-state index in [1.807, 2.05) is 19.0 Å². The summed E-state index contributed by atoms with van der Waals surface area (Å²) in [6.45, 7) is 1.25. The van der Waals surface area contributed by atoms with Crippen LogP contribution < -0.4 is 5.32 Å². The predicted molar refractivity (Wildman–Crippen MR) is 53.4 cm³/mol. The maximum Gasteiger partial charge on any atom is 0.149 e. The van der Waals surface area contributed by atoms with E-state index in [2.05, 4.69) is 5.32 Å². The molecule has 0 aliphatic carbocycles. The summed E-state index contributed by atoms with van der Waals surface area (Å²) < 4.78 is 26.1. The van der Waals surface area contributed by atoms with Gasteiger partial charge in [-0.25, -0.2) is 8.78 Å². The van der Waals surface area contributed by atoms with Gasteiger partial charge in [0.15, 0.2) is 0 Å². The molecule has 0 saturated heterocycles. The highest BCUT2D eigenvalue weighted by atomic mass is 19.1. The van der Waals surface area contributed by atoms with Crippen LogP contribution in [-0.4, -0.2) is 32.1 Å². The van der Waals surface area contributed by atoms with Crippen molar-refractivity contribution in [3.8, 4) is 0 Å². The Morgan fingerprint density at radius 1 is 1.21 bits per heavy atom. The van der Waals surface area contributed by atoms with Gasteiger partial charge in [0.25, 0.3) is 0 Å². The molecule has 0 atom stereocenters. The molecule has 0 bridgehead atoms. The lowest BCUT2D eigenvalue weighted by molar-refractivity contribution is 0.424. The molecule has 1 aromatic rings. The molecule has 0 fully saturated rings. The number of anilines is 1. The standard InChI is InChI=1S/C10H14F2N2/c1-14(2)7-6-13-10-8(11)4-3-5-9(10)12/h3-5,13H,6-7H2,1-2H3. The highest BCUT2D eigenvalue weighted by molar-refractivity contribution is 5.45. The smallest absolute Gasteiger partial charge is 0.149 e. The van der Waals surface area contributed by atoms with Crippen LogP contribution in [0.1, 0.15) is 0 Å². The lowest BCUT2D eigenvalue weighted by atomic mass is 10.3. The third-order valence-corrected chi connectivity index (χ3v) is 1.82. The van der Waals surface area contributed by atoms with Crippen molar-refractivity contribution in [3.63, 3.8) is 0 Å². The lowest BCUT2D eigenvalue weighted by Gasteiger charge is -2.12. The zero-order valence-corrected chi connectivity index (χ0v) is 8.35. The summed E-state index contributed by atoms with van der Waals surface area (Å²) in [7, 11) is 3.80. The van der Waals surface area contributed by atoms with Gasteiger partial charge in [-0.15, -0.1) is 0 Å². The minimum Gasteiger partial charge on any atom is -0.379 e. The number of nitrogens with zero attached hydrogens (tertiary/aromatic N) is 1. The molecule has 0 aliphatic rings. The number of benzene rings is 1. The maximum absolute atomic E-state index is 13.1. The normalized spacial score (nSPS) is 10.6. The quantitative estimate of drug-likeness (QED) is 0.799. The monoisotopic (exact) mass is 200 g/mol. The van der Waals surface area contributed by atoms with Gasteiger partial charge in [0.05, 0.1) is 0 Å². The molecule has 0 unspecified atom stereocenters. The topological polar surface area (TPSA) is 15.3 Å². The first-order valence-electron chi connectivity index (χ1n) is 4.44. The molecule has 2 nitrogen and oxygen atoms in total. The van der Waals surface area contributed by atoms with Crippen molar-refractivity contribution < 1.29 is 8.78 Å². The third kappa shape index (κ3) is 2.96. The first-order chi connectivity index (χ1) is 6.61. The van der Waals surface area contributed by atoms with Gasteiger partial charge >= 0.3 is 0 Å². The van der Waals surface area contributed by atoms with Crippen molar-refractivity contribution in [3.05, 3.63) is 29.8 Å². The van der Waals surface area contributed by atoms with Crippen LogP contribution in [0.5, 0.6) is 0 Å². The highest BCUT2D eigenvalue weighted by Gasteiger charge is 2.06. The van der Waals surface area contributed by atoms with E-state index < -0.39 is 11.6 Å². The number of para-hydroxylation sites is 1. The van der Waals surface area contributed by atoms with E-state index in [0.717, 1.165) is 6.54 Å². The van der Waals surface area contributed by atoms with Crippen molar-refractivity contribution in [2.75, 3.05) is 32.5 Å². The molecule has 78 valence electrons. The fourth-order valence-electron chi connectivity index (χ4n) is 1.07. The van der Waals surface area contributed by atoms with Crippen LogP contribution in [0.15, 0.2) is 18.2 Å². The molecular formula is C10H14F2N2. The van der Waals surface area contributed by atoms with Crippen LogP contribution in [0.4, 0.5) is 14.5 Å². The molecule has 0 heterocycles. The van der Waals surface area contributed by atoms with Gasteiger partial charge in [0.1, 0.15) is 17.3 Å². The Morgan fingerprint density at radius 2 is 1.79 bits per heavy atom. The highest BCUT2D eigenvalue weighted by Crippen LogP contribution is 2.17. The zero-order valence-electron chi connectivity index (χ0n) is 8.35. The zero-order chi connectivity index (χ0) is 10.6. The molecule has 4 heteroatoms. The molecule has 0 saturated carbocycles. The van der Waals surface area contributed by atoms with Crippen LogP contribution in [0.3, 0.4) is 0 Å². The average molecular weight is 200 g/mol. The van der Waals surface area contributed by atoms with E-state index in [1.54, 1.807) is 0 Å². The van der Waals surface area contributed by atoms with Crippen LogP contribution >= 0.6 is 0 Å². The number of halogens is 2. The van der Waals surface area contributed by atoms with Gasteiger partial charge in [-0.2, -0.15) is 0 Å². The first kappa shape index (κ1) is 10.9. The number of rotatable bonds is 4. The van der Waals surface area contributed by atoms with Gasteiger partial charge in [0, 0.05) is 13.1 Å². The summed E-state index contributed by atoms with van der Waals surface area (Å²) in [5.74, 6) is -1.10. The second kappa shape index (κ2) is 4.91. The largest absolute Gasteiger partial charge is 0.379 e. The van der Waals surface area contributed by atoms with E-state index in [4.69, 9.17) is 0 Å². The van der Waals surface area contributed by atoms with E-state index >= 15 is 0 Å². The van der Waals surface area contributed by atoms with E-state index in [1.165, 1.54) is 18.2 Å². The Labute approximate surface area is 82.5 Å².